The third-order valence-corrected chi connectivity index (χ3v) is 7.08. The molecule has 0 aliphatic heterocycles. The zero-order valence-corrected chi connectivity index (χ0v) is 23.2. The largest absolute Gasteiger partial charge is 0.497 e. The van der Waals surface area contributed by atoms with Gasteiger partial charge in [0.1, 0.15) is 11.8 Å². The summed E-state index contributed by atoms with van der Waals surface area (Å²) in [5.74, 6) is 0.251. The van der Waals surface area contributed by atoms with E-state index < -0.39 is 16.1 Å². The van der Waals surface area contributed by atoms with Crippen molar-refractivity contribution < 1.29 is 22.7 Å². The third kappa shape index (κ3) is 8.26. The summed E-state index contributed by atoms with van der Waals surface area (Å²) in [6.07, 6.45) is 1.59. The van der Waals surface area contributed by atoms with Crippen molar-refractivity contribution in [2.24, 2.45) is 0 Å². The molecule has 1 atom stereocenters. The molecule has 2 aromatic carbocycles. The quantitative estimate of drug-likeness (QED) is 0.462. The maximum absolute atomic E-state index is 13.3. The first-order chi connectivity index (χ1) is 16.8. The first-order valence-corrected chi connectivity index (χ1v) is 14.0. The number of nitrogens with zero attached hydrogens (tertiary/aromatic N) is 2. The standard InChI is InChI=1S/C27H39N3O5S/c1-19(2)28-27(32)22(5)29(18-23-12-14-24(35-6)15-13-23)26(31)9-8-16-30(36(7,33)34)25-17-20(3)10-11-21(25)4/h10-15,17,19,22H,8-9,16,18H2,1-7H3,(H,28,32)/t22-/m0/s1. The number of carbonyl (C=O) groups is 2. The highest BCUT2D eigenvalue weighted by molar-refractivity contribution is 7.92. The van der Waals surface area contributed by atoms with Crippen LogP contribution in [-0.2, 0) is 26.2 Å². The van der Waals surface area contributed by atoms with E-state index in [0.29, 0.717) is 17.9 Å². The smallest absolute Gasteiger partial charge is 0.242 e. The van der Waals surface area contributed by atoms with Gasteiger partial charge in [0.25, 0.3) is 0 Å². The number of rotatable bonds is 12. The van der Waals surface area contributed by atoms with Crippen molar-refractivity contribution in [2.75, 3.05) is 24.2 Å². The van der Waals surface area contributed by atoms with Gasteiger partial charge >= 0.3 is 0 Å². The predicted molar refractivity (Wildman–Crippen MR) is 144 cm³/mol. The molecule has 0 saturated carbocycles. The van der Waals surface area contributed by atoms with E-state index >= 15 is 0 Å². The van der Waals surface area contributed by atoms with E-state index in [1.54, 1.807) is 18.9 Å². The van der Waals surface area contributed by atoms with Gasteiger partial charge in [-0.15, -0.1) is 0 Å². The molecule has 2 aromatic rings. The van der Waals surface area contributed by atoms with Crippen molar-refractivity contribution in [3.05, 3.63) is 59.2 Å². The molecule has 0 fully saturated rings. The average molecular weight is 518 g/mol. The lowest BCUT2D eigenvalue weighted by atomic mass is 10.1. The topological polar surface area (TPSA) is 96.0 Å². The van der Waals surface area contributed by atoms with Gasteiger partial charge in [0.05, 0.1) is 19.1 Å². The molecule has 0 bridgehead atoms. The molecule has 0 aromatic heterocycles. The fourth-order valence-corrected chi connectivity index (χ4v) is 4.90. The number of hydrogen-bond donors (Lipinski definition) is 1. The van der Waals surface area contributed by atoms with E-state index in [1.807, 2.05) is 70.2 Å². The fraction of sp³-hybridized carbons (Fsp3) is 0.481. The predicted octanol–water partition coefficient (Wildman–Crippen LogP) is 3.80. The molecule has 2 amide bonds. The van der Waals surface area contributed by atoms with Crippen LogP contribution in [0.1, 0.15) is 50.3 Å². The van der Waals surface area contributed by atoms with Gasteiger partial charge < -0.3 is 15.0 Å². The lowest BCUT2D eigenvalue weighted by Crippen LogP contribution is -2.49. The van der Waals surface area contributed by atoms with Crippen LogP contribution in [-0.4, -0.2) is 57.1 Å². The number of benzene rings is 2. The molecule has 0 aliphatic carbocycles. The molecule has 2 rings (SSSR count). The Hall–Kier alpha value is -3.07. The second kappa shape index (κ2) is 12.8. The van der Waals surface area contributed by atoms with Crippen LogP contribution in [0.25, 0.3) is 0 Å². The maximum atomic E-state index is 13.3. The number of ether oxygens (including phenoxy) is 1. The van der Waals surface area contributed by atoms with E-state index in [2.05, 4.69) is 5.32 Å². The summed E-state index contributed by atoms with van der Waals surface area (Å²) in [6, 6.07) is 12.3. The number of nitrogens with one attached hydrogen (secondary N) is 1. The third-order valence-electron chi connectivity index (χ3n) is 5.90. The summed E-state index contributed by atoms with van der Waals surface area (Å²) in [5, 5.41) is 2.87. The number of methoxy groups -OCH3 is 1. The van der Waals surface area contributed by atoms with Gasteiger partial charge in [-0.2, -0.15) is 0 Å². The van der Waals surface area contributed by atoms with Gasteiger partial charge in [-0.3, -0.25) is 13.9 Å². The van der Waals surface area contributed by atoms with Gasteiger partial charge in [-0.05, 0) is 75.9 Å². The molecule has 8 nitrogen and oxygen atoms in total. The van der Waals surface area contributed by atoms with Gasteiger partial charge in [0.15, 0.2) is 0 Å². The summed E-state index contributed by atoms with van der Waals surface area (Å²) in [7, 11) is -1.96. The lowest BCUT2D eigenvalue weighted by Gasteiger charge is -2.30. The Balaban J connectivity index is 2.20. The van der Waals surface area contributed by atoms with Crippen LogP contribution in [0.5, 0.6) is 5.75 Å². The summed E-state index contributed by atoms with van der Waals surface area (Å²) in [4.78, 5) is 27.6. The first kappa shape index (κ1) is 29.2. The number of sulfonamides is 1. The second-order valence-electron chi connectivity index (χ2n) is 9.44. The van der Waals surface area contributed by atoms with Crippen molar-refractivity contribution in [1.29, 1.82) is 0 Å². The first-order valence-electron chi connectivity index (χ1n) is 12.1. The van der Waals surface area contributed by atoms with Crippen molar-refractivity contribution in [3.8, 4) is 5.75 Å². The molecule has 0 unspecified atom stereocenters. The molecule has 36 heavy (non-hydrogen) atoms. The van der Waals surface area contributed by atoms with Crippen molar-refractivity contribution >= 4 is 27.5 Å². The molecule has 0 heterocycles. The Morgan fingerprint density at radius 3 is 2.22 bits per heavy atom. The summed E-state index contributed by atoms with van der Waals surface area (Å²) >= 11 is 0. The van der Waals surface area contributed by atoms with Crippen LogP contribution in [0.4, 0.5) is 5.69 Å². The minimum Gasteiger partial charge on any atom is -0.497 e. The molecular weight excluding hydrogens is 478 g/mol. The fourth-order valence-electron chi connectivity index (χ4n) is 3.89. The Kier molecular flexibility index (Phi) is 10.3. The Morgan fingerprint density at radius 1 is 1.03 bits per heavy atom. The summed E-state index contributed by atoms with van der Waals surface area (Å²) in [6.45, 7) is 9.63. The zero-order chi connectivity index (χ0) is 27.0. The summed E-state index contributed by atoms with van der Waals surface area (Å²) < 4.78 is 31.7. The number of carbonyl (C=O) groups excluding carboxylic acids is 2. The van der Waals surface area contributed by atoms with E-state index in [9.17, 15) is 18.0 Å². The maximum Gasteiger partial charge on any atom is 0.242 e. The zero-order valence-electron chi connectivity index (χ0n) is 22.4. The van der Waals surface area contributed by atoms with E-state index in [4.69, 9.17) is 4.74 Å². The van der Waals surface area contributed by atoms with Gasteiger partial charge in [0.2, 0.25) is 21.8 Å². The molecule has 1 N–H and O–H groups in total. The number of hydrogen-bond acceptors (Lipinski definition) is 5. The van der Waals surface area contributed by atoms with Gasteiger partial charge in [-0.1, -0.05) is 24.3 Å². The monoisotopic (exact) mass is 517 g/mol. The molecule has 0 aliphatic rings. The van der Waals surface area contributed by atoms with Crippen LogP contribution in [0.15, 0.2) is 42.5 Å². The SMILES string of the molecule is COc1ccc(CN(C(=O)CCCN(c2cc(C)ccc2C)S(C)(=O)=O)[C@@H](C)C(=O)NC(C)C)cc1. The van der Waals surface area contributed by atoms with Crippen molar-refractivity contribution in [3.63, 3.8) is 0 Å². The molecule has 9 heteroatoms. The van der Waals surface area contributed by atoms with Crippen LogP contribution < -0.4 is 14.4 Å². The Labute approximate surface area is 215 Å². The van der Waals surface area contributed by atoms with Gasteiger partial charge in [0, 0.05) is 25.6 Å². The molecular formula is C27H39N3O5S. The molecule has 0 saturated heterocycles. The van der Waals surface area contributed by atoms with Crippen LogP contribution in [0.3, 0.4) is 0 Å². The van der Waals surface area contributed by atoms with E-state index in [1.165, 1.54) is 10.6 Å². The highest BCUT2D eigenvalue weighted by Crippen LogP contribution is 2.25. The number of amides is 2. The van der Waals surface area contributed by atoms with Crippen LogP contribution in [0, 0.1) is 13.8 Å². The minimum absolute atomic E-state index is 0.0567. The number of aryl methyl sites for hydroxylation is 2. The van der Waals surface area contributed by atoms with Crippen molar-refractivity contribution in [1.82, 2.24) is 10.2 Å². The Morgan fingerprint density at radius 2 is 1.67 bits per heavy atom. The highest BCUT2D eigenvalue weighted by atomic mass is 32.2. The van der Waals surface area contributed by atoms with Crippen LogP contribution >= 0.6 is 0 Å². The highest BCUT2D eigenvalue weighted by Gasteiger charge is 2.27. The normalized spacial score (nSPS) is 12.2. The summed E-state index contributed by atoms with van der Waals surface area (Å²) in [5.41, 5.74) is 3.28. The van der Waals surface area contributed by atoms with Crippen LogP contribution in [0.2, 0.25) is 0 Å². The number of anilines is 1. The lowest BCUT2D eigenvalue weighted by molar-refractivity contribution is -0.140. The van der Waals surface area contributed by atoms with Gasteiger partial charge in [-0.25, -0.2) is 8.42 Å². The average Bonchev–Trinajstić information content (AvgIpc) is 2.80. The van der Waals surface area contributed by atoms with E-state index in [-0.39, 0.29) is 37.4 Å². The van der Waals surface area contributed by atoms with Crippen molar-refractivity contribution in [2.45, 2.75) is 66.1 Å². The second-order valence-corrected chi connectivity index (χ2v) is 11.3. The molecule has 0 spiro atoms. The Bertz CT molecular complexity index is 1150. The molecule has 198 valence electrons. The van der Waals surface area contributed by atoms with E-state index in [0.717, 1.165) is 16.7 Å². The molecule has 0 radical (unpaired) electrons. The minimum atomic E-state index is -3.54.